The van der Waals surface area contributed by atoms with Crippen LogP contribution < -0.4 is 0 Å². The molecule has 0 spiro atoms. The predicted octanol–water partition coefficient (Wildman–Crippen LogP) is 5.05. The quantitative estimate of drug-likeness (QED) is 0.658. The maximum absolute atomic E-state index is 6.36. The third kappa shape index (κ3) is 5.35. The second-order valence-corrected chi connectivity index (χ2v) is 5.58. The Labute approximate surface area is 129 Å². The van der Waals surface area contributed by atoms with Crippen LogP contribution in [-0.2, 0) is 17.6 Å². The SMILES string of the molecule is CCC(Cc1ccccc1)OC(CC)Cc1ccccc1. The lowest BCUT2D eigenvalue weighted by molar-refractivity contribution is -0.0147. The normalized spacial score (nSPS) is 13.8. The minimum absolute atomic E-state index is 0.307. The zero-order valence-corrected chi connectivity index (χ0v) is 13.2. The zero-order chi connectivity index (χ0) is 14.9. The third-order valence-corrected chi connectivity index (χ3v) is 3.91. The van der Waals surface area contributed by atoms with E-state index in [-0.39, 0.29) is 0 Å². The number of ether oxygens (including phenoxy) is 1. The van der Waals surface area contributed by atoms with Gasteiger partial charge in [-0.25, -0.2) is 0 Å². The van der Waals surface area contributed by atoms with Crippen molar-refractivity contribution >= 4 is 0 Å². The van der Waals surface area contributed by atoms with Crippen molar-refractivity contribution in [2.45, 2.75) is 51.7 Å². The zero-order valence-electron chi connectivity index (χ0n) is 13.2. The van der Waals surface area contributed by atoms with E-state index in [0.717, 1.165) is 25.7 Å². The fourth-order valence-corrected chi connectivity index (χ4v) is 2.60. The Kier molecular flexibility index (Phi) is 6.49. The summed E-state index contributed by atoms with van der Waals surface area (Å²) >= 11 is 0. The smallest absolute Gasteiger partial charge is 0.0616 e. The molecule has 0 radical (unpaired) electrons. The van der Waals surface area contributed by atoms with Gasteiger partial charge in [-0.05, 0) is 36.8 Å². The summed E-state index contributed by atoms with van der Waals surface area (Å²) in [4.78, 5) is 0. The van der Waals surface area contributed by atoms with E-state index in [9.17, 15) is 0 Å². The first-order valence-corrected chi connectivity index (χ1v) is 8.05. The lowest BCUT2D eigenvalue weighted by Gasteiger charge is -2.24. The van der Waals surface area contributed by atoms with E-state index < -0.39 is 0 Å². The first-order valence-electron chi connectivity index (χ1n) is 8.05. The van der Waals surface area contributed by atoms with Crippen molar-refractivity contribution in [2.24, 2.45) is 0 Å². The molecule has 0 aromatic heterocycles. The summed E-state index contributed by atoms with van der Waals surface area (Å²) in [5.74, 6) is 0. The summed E-state index contributed by atoms with van der Waals surface area (Å²) in [6.07, 6.45) is 4.73. The topological polar surface area (TPSA) is 9.23 Å². The van der Waals surface area contributed by atoms with Crippen molar-refractivity contribution in [3.05, 3.63) is 71.8 Å². The van der Waals surface area contributed by atoms with E-state index in [0.29, 0.717) is 12.2 Å². The molecule has 0 bridgehead atoms. The minimum Gasteiger partial charge on any atom is -0.374 e. The molecule has 0 aliphatic carbocycles. The second-order valence-electron chi connectivity index (χ2n) is 5.58. The van der Waals surface area contributed by atoms with Gasteiger partial charge in [-0.3, -0.25) is 0 Å². The molecule has 0 saturated heterocycles. The molecule has 0 amide bonds. The summed E-state index contributed by atoms with van der Waals surface area (Å²) in [5, 5.41) is 0. The molecule has 0 aliphatic rings. The van der Waals surface area contributed by atoms with Crippen LogP contribution in [0.2, 0.25) is 0 Å². The Bertz CT molecular complexity index is 444. The van der Waals surface area contributed by atoms with Gasteiger partial charge in [-0.1, -0.05) is 74.5 Å². The van der Waals surface area contributed by atoms with Gasteiger partial charge in [0.1, 0.15) is 0 Å². The summed E-state index contributed by atoms with van der Waals surface area (Å²) in [5.41, 5.74) is 2.72. The van der Waals surface area contributed by atoms with Crippen molar-refractivity contribution in [1.29, 1.82) is 0 Å². The van der Waals surface area contributed by atoms with Crippen LogP contribution in [-0.4, -0.2) is 12.2 Å². The van der Waals surface area contributed by atoms with E-state index in [1.165, 1.54) is 11.1 Å². The van der Waals surface area contributed by atoms with Gasteiger partial charge >= 0.3 is 0 Å². The Morgan fingerprint density at radius 3 is 1.38 bits per heavy atom. The van der Waals surface area contributed by atoms with Crippen LogP contribution in [0, 0.1) is 0 Å². The Morgan fingerprint density at radius 2 is 1.05 bits per heavy atom. The fraction of sp³-hybridized carbons (Fsp3) is 0.400. The van der Waals surface area contributed by atoms with Crippen LogP contribution in [0.5, 0.6) is 0 Å². The largest absolute Gasteiger partial charge is 0.374 e. The van der Waals surface area contributed by atoms with Crippen LogP contribution in [0.4, 0.5) is 0 Å². The summed E-state index contributed by atoms with van der Waals surface area (Å²) in [7, 11) is 0. The van der Waals surface area contributed by atoms with Gasteiger partial charge in [0.05, 0.1) is 12.2 Å². The average molecular weight is 282 g/mol. The standard InChI is InChI=1S/C20H26O/c1-3-19(15-17-11-7-5-8-12-17)21-20(4-2)16-18-13-9-6-10-14-18/h5-14,19-20H,3-4,15-16H2,1-2H3. The molecule has 0 aliphatic heterocycles. The molecule has 2 aromatic rings. The molecule has 2 aromatic carbocycles. The van der Waals surface area contributed by atoms with E-state index in [4.69, 9.17) is 4.74 Å². The van der Waals surface area contributed by atoms with Crippen molar-refractivity contribution < 1.29 is 4.74 Å². The lowest BCUT2D eigenvalue weighted by atomic mass is 10.0. The molecule has 0 N–H and O–H groups in total. The molecule has 21 heavy (non-hydrogen) atoms. The lowest BCUT2D eigenvalue weighted by Crippen LogP contribution is -2.25. The molecule has 2 rings (SSSR count). The molecular weight excluding hydrogens is 256 g/mol. The van der Waals surface area contributed by atoms with E-state index in [1.54, 1.807) is 0 Å². The van der Waals surface area contributed by atoms with E-state index in [2.05, 4.69) is 74.5 Å². The maximum Gasteiger partial charge on any atom is 0.0616 e. The van der Waals surface area contributed by atoms with Gasteiger partial charge in [-0.2, -0.15) is 0 Å². The van der Waals surface area contributed by atoms with Gasteiger partial charge in [0.2, 0.25) is 0 Å². The predicted molar refractivity (Wildman–Crippen MR) is 89.5 cm³/mol. The maximum atomic E-state index is 6.36. The molecule has 2 atom stereocenters. The summed E-state index contributed by atoms with van der Waals surface area (Å²) in [6, 6.07) is 21.3. The molecule has 0 saturated carbocycles. The Morgan fingerprint density at radius 1 is 0.667 bits per heavy atom. The fourth-order valence-electron chi connectivity index (χ4n) is 2.60. The van der Waals surface area contributed by atoms with Gasteiger partial charge in [0.25, 0.3) is 0 Å². The third-order valence-electron chi connectivity index (χ3n) is 3.91. The number of rotatable bonds is 8. The first kappa shape index (κ1) is 15.8. The monoisotopic (exact) mass is 282 g/mol. The highest BCUT2D eigenvalue weighted by Gasteiger charge is 2.15. The van der Waals surface area contributed by atoms with Gasteiger partial charge in [0.15, 0.2) is 0 Å². The number of hydrogen-bond donors (Lipinski definition) is 0. The highest BCUT2D eigenvalue weighted by atomic mass is 16.5. The second kappa shape index (κ2) is 8.63. The van der Waals surface area contributed by atoms with E-state index >= 15 is 0 Å². The minimum atomic E-state index is 0.307. The Balaban J connectivity index is 1.92. The molecule has 0 heterocycles. The van der Waals surface area contributed by atoms with Gasteiger partial charge < -0.3 is 4.74 Å². The summed E-state index contributed by atoms with van der Waals surface area (Å²) in [6.45, 7) is 4.42. The van der Waals surface area contributed by atoms with Crippen molar-refractivity contribution in [1.82, 2.24) is 0 Å². The van der Waals surface area contributed by atoms with Crippen LogP contribution in [0.25, 0.3) is 0 Å². The molecule has 1 nitrogen and oxygen atoms in total. The number of hydrogen-bond acceptors (Lipinski definition) is 1. The van der Waals surface area contributed by atoms with Crippen molar-refractivity contribution in [2.75, 3.05) is 0 Å². The molecule has 1 heteroatoms. The van der Waals surface area contributed by atoms with E-state index in [1.807, 2.05) is 0 Å². The van der Waals surface area contributed by atoms with Crippen LogP contribution >= 0.6 is 0 Å². The highest BCUT2D eigenvalue weighted by molar-refractivity contribution is 5.16. The summed E-state index contributed by atoms with van der Waals surface area (Å²) < 4.78 is 6.36. The highest BCUT2D eigenvalue weighted by Crippen LogP contribution is 2.16. The molecule has 112 valence electrons. The van der Waals surface area contributed by atoms with Gasteiger partial charge in [-0.15, -0.1) is 0 Å². The number of benzene rings is 2. The van der Waals surface area contributed by atoms with Gasteiger partial charge in [0, 0.05) is 0 Å². The van der Waals surface area contributed by atoms with Crippen molar-refractivity contribution in [3.63, 3.8) is 0 Å². The van der Waals surface area contributed by atoms with Crippen LogP contribution in [0.1, 0.15) is 37.8 Å². The molecular formula is C20H26O. The Hall–Kier alpha value is -1.60. The molecule has 0 fully saturated rings. The van der Waals surface area contributed by atoms with Crippen LogP contribution in [0.15, 0.2) is 60.7 Å². The molecule has 2 unspecified atom stereocenters. The first-order chi connectivity index (χ1) is 10.3. The van der Waals surface area contributed by atoms with Crippen molar-refractivity contribution in [3.8, 4) is 0 Å². The van der Waals surface area contributed by atoms with Crippen LogP contribution in [0.3, 0.4) is 0 Å². The average Bonchev–Trinajstić information content (AvgIpc) is 2.55.